The molecule has 25 heavy (non-hydrogen) atoms. The Bertz CT molecular complexity index is 690. The van der Waals surface area contributed by atoms with Gasteiger partial charge in [-0.2, -0.15) is 0 Å². The first-order valence-corrected chi connectivity index (χ1v) is 10.4. The number of Topliss-reactive ketones (excluding diaryl/α,β-unsaturated/α-hetero) is 1. The first-order valence-electron chi connectivity index (χ1n) is 8.53. The minimum absolute atomic E-state index is 0.0434. The first kappa shape index (κ1) is 18.4. The van der Waals surface area contributed by atoms with Crippen LogP contribution in [0.5, 0.6) is 5.75 Å². The lowest BCUT2D eigenvalue weighted by Gasteiger charge is -2.20. The molecular weight excluding hydrogens is 354 g/mol. The predicted molar refractivity (Wildman–Crippen MR) is 101 cm³/mol. The number of carbonyl (C=O) groups excluding carboxylic acids is 1. The summed E-state index contributed by atoms with van der Waals surface area (Å²) in [6.45, 7) is 0. The number of aliphatic hydroxyl groups is 1. The fourth-order valence-electron chi connectivity index (χ4n) is 3.50. The minimum atomic E-state index is -0.500. The summed E-state index contributed by atoms with van der Waals surface area (Å²) in [5.74, 6) is 1.95. The van der Waals surface area contributed by atoms with E-state index in [9.17, 15) is 9.90 Å². The summed E-state index contributed by atoms with van der Waals surface area (Å²) in [7, 11) is 1.66. The summed E-state index contributed by atoms with van der Waals surface area (Å²) in [6, 6.07) is 7.98. The van der Waals surface area contributed by atoms with E-state index in [1.165, 1.54) is 5.56 Å². The fraction of sp³-hybridized carbons (Fsp3) is 0.474. The molecule has 0 radical (unpaired) electrons. The van der Waals surface area contributed by atoms with Gasteiger partial charge in [0.05, 0.1) is 13.2 Å². The molecule has 1 fully saturated rings. The van der Waals surface area contributed by atoms with Gasteiger partial charge >= 0.3 is 0 Å². The second kappa shape index (κ2) is 8.83. The van der Waals surface area contributed by atoms with Crippen molar-refractivity contribution in [2.45, 2.75) is 36.1 Å². The van der Waals surface area contributed by atoms with Crippen molar-refractivity contribution in [3.8, 4) is 5.75 Å². The first-order chi connectivity index (χ1) is 12.2. The number of rotatable bonds is 8. The Morgan fingerprint density at radius 3 is 3.04 bits per heavy atom. The third-order valence-electron chi connectivity index (χ3n) is 4.80. The van der Waals surface area contributed by atoms with Crippen molar-refractivity contribution in [3.05, 3.63) is 41.4 Å². The Morgan fingerprint density at radius 1 is 1.40 bits per heavy atom. The lowest BCUT2D eigenvalue weighted by molar-refractivity contribution is -0.121. The molecule has 4 nitrogen and oxygen atoms in total. The molecule has 0 saturated heterocycles. The number of aliphatic hydroxyl groups excluding tert-OH is 1. The van der Waals surface area contributed by atoms with E-state index >= 15 is 0 Å². The topological polar surface area (TPSA) is 59.4 Å². The van der Waals surface area contributed by atoms with E-state index in [-0.39, 0.29) is 17.6 Å². The van der Waals surface area contributed by atoms with Crippen LogP contribution in [0, 0.1) is 11.8 Å². The van der Waals surface area contributed by atoms with E-state index < -0.39 is 6.10 Å². The molecule has 1 unspecified atom stereocenters. The zero-order valence-electron chi connectivity index (χ0n) is 14.3. The maximum atomic E-state index is 12.3. The Morgan fingerprint density at radius 2 is 2.28 bits per heavy atom. The van der Waals surface area contributed by atoms with Crippen LogP contribution in [0.2, 0.25) is 0 Å². The molecule has 1 N–H and O–H groups in total. The highest BCUT2D eigenvalue weighted by atomic mass is 32.2. The number of thiazole rings is 1. The molecule has 1 heterocycles. The maximum absolute atomic E-state index is 12.3. The van der Waals surface area contributed by atoms with Gasteiger partial charge in [-0.3, -0.25) is 4.79 Å². The summed E-state index contributed by atoms with van der Waals surface area (Å²) in [5.41, 5.74) is 1.17. The van der Waals surface area contributed by atoms with Crippen LogP contribution in [0.1, 0.15) is 24.8 Å². The molecule has 6 heteroatoms. The van der Waals surface area contributed by atoms with Crippen LogP contribution in [0.15, 0.2) is 40.2 Å². The molecule has 3 atom stereocenters. The number of carbonyl (C=O) groups is 1. The largest absolute Gasteiger partial charge is 0.497 e. The third kappa shape index (κ3) is 4.84. The molecular formula is C19H23NO3S2. The monoisotopic (exact) mass is 377 g/mol. The van der Waals surface area contributed by atoms with Gasteiger partial charge in [0, 0.05) is 29.7 Å². The number of ether oxygens (including phenoxy) is 1. The number of methoxy groups -OCH3 is 1. The van der Waals surface area contributed by atoms with Gasteiger partial charge in [0.2, 0.25) is 0 Å². The normalized spacial score (nSPS) is 23.1. The van der Waals surface area contributed by atoms with Crippen molar-refractivity contribution < 1.29 is 14.6 Å². The Balaban J connectivity index is 1.56. The van der Waals surface area contributed by atoms with Gasteiger partial charge in [-0.05, 0) is 42.9 Å². The van der Waals surface area contributed by atoms with Gasteiger partial charge in [0.25, 0.3) is 0 Å². The second-order valence-corrected chi connectivity index (χ2v) is 8.57. The average Bonchev–Trinajstić information content (AvgIpc) is 3.22. The fourth-order valence-corrected chi connectivity index (χ4v) is 5.25. The van der Waals surface area contributed by atoms with Gasteiger partial charge in [0.1, 0.15) is 15.9 Å². The number of nitrogens with zero attached hydrogens (tertiary/aromatic N) is 1. The van der Waals surface area contributed by atoms with Crippen LogP contribution in [-0.4, -0.2) is 34.8 Å². The van der Waals surface area contributed by atoms with Crippen LogP contribution >= 0.6 is 23.1 Å². The zero-order valence-corrected chi connectivity index (χ0v) is 15.9. The third-order valence-corrected chi connectivity index (χ3v) is 6.80. The SMILES string of the molecule is COc1cccc(CC[C@H]2C(=O)CC(O)[C@@H]2CCSc2nccs2)c1. The van der Waals surface area contributed by atoms with E-state index in [0.29, 0.717) is 6.42 Å². The van der Waals surface area contributed by atoms with Crippen molar-refractivity contribution in [2.24, 2.45) is 11.8 Å². The molecule has 1 aromatic carbocycles. The molecule has 2 aromatic rings. The van der Waals surface area contributed by atoms with E-state index in [0.717, 1.165) is 35.1 Å². The summed E-state index contributed by atoms with van der Waals surface area (Å²) < 4.78 is 6.31. The Hall–Kier alpha value is -1.37. The summed E-state index contributed by atoms with van der Waals surface area (Å²) >= 11 is 3.34. The second-order valence-electron chi connectivity index (χ2n) is 6.33. The Labute approximate surface area is 156 Å². The minimum Gasteiger partial charge on any atom is -0.497 e. The van der Waals surface area contributed by atoms with E-state index in [1.54, 1.807) is 36.4 Å². The number of ketones is 1. The van der Waals surface area contributed by atoms with Crippen LogP contribution in [0.25, 0.3) is 0 Å². The van der Waals surface area contributed by atoms with Gasteiger partial charge in [-0.15, -0.1) is 11.3 Å². The molecule has 134 valence electrons. The maximum Gasteiger partial charge on any atom is 0.149 e. The molecule has 0 amide bonds. The average molecular weight is 378 g/mol. The number of benzene rings is 1. The van der Waals surface area contributed by atoms with Crippen molar-refractivity contribution in [2.75, 3.05) is 12.9 Å². The van der Waals surface area contributed by atoms with Gasteiger partial charge in [0.15, 0.2) is 0 Å². The van der Waals surface area contributed by atoms with Crippen molar-refractivity contribution in [1.82, 2.24) is 4.98 Å². The summed E-state index contributed by atoms with van der Waals surface area (Å²) in [6.07, 6.45) is 4.07. The summed E-state index contributed by atoms with van der Waals surface area (Å²) in [4.78, 5) is 16.6. The van der Waals surface area contributed by atoms with Gasteiger partial charge in [-0.1, -0.05) is 23.9 Å². The van der Waals surface area contributed by atoms with E-state index in [2.05, 4.69) is 11.1 Å². The molecule has 3 rings (SSSR count). The highest BCUT2D eigenvalue weighted by Crippen LogP contribution is 2.36. The van der Waals surface area contributed by atoms with E-state index in [1.807, 2.05) is 23.6 Å². The van der Waals surface area contributed by atoms with Crippen LogP contribution in [0.3, 0.4) is 0 Å². The number of thioether (sulfide) groups is 1. The van der Waals surface area contributed by atoms with Crippen molar-refractivity contribution in [1.29, 1.82) is 0 Å². The molecule has 0 bridgehead atoms. The number of aryl methyl sites for hydroxylation is 1. The molecule has 1 aliphatic rings. The Kier molecular flexibility index (Phi) is 6.51. The summed E-state index contributed by atoms with van der Waals surface area (Å²) in [5, 5.41) is 12.3. The van der Waals surface area contributed by atoms with Gasteiger partial charge < -0.3 is 9.84 Å². The van der Waals surface area contributed by atoms with Gasteiger partial charge in [-0.25, -0.2) is 4.98 Å². The predicted octanol–water partition coefficient (Wildman–Crippen LogP) is 3.83. The van der Waals surface area contributed by atoms with Crippen LogP contribution < -0.4 is 4.74 Å². The molecule has 1 aliphatic carbocycles. The molecule has 0 spiro atoms. The number of hydrogen-bond donors (Lipinski definition) is 1. The van der Waals surface area contributed by atoms with Crippen molar-refractivity contribution in [3.63, 3.8) is 0 Å². The number of hydrogen-bond acceptors (Lipinski definition) is 6. The highest BCUT2D eigenvalue weighted by molar-refractivity contribution is 8.00. The molecule has 1 aromatic heterocycles. The smallest absolute Gasteiger partial charge is 0.149 e. The van der Waals surface area contributed by atoms with E-state index in [4.69, 9.17) is 4.74 Å². The lowest BCUT2D eigenvalue weighted by atomic mass is 9.87. The van der Waals surface area contributed by atoms with Crippen LogP contribution in [0.4, 0.5) is 0 Å². The quantitative estimate of drug-likeness (QED) is 0.709. The molecule has 1 saturated carbocycles. The molecule has 0 aliphatic heterocycles. The van der Waals surface area contributed by atoms with Crippen molar-refractivity contribution >= 4 is 28.9 Å². The highest BCUT2D eigenvalue weighted by Gasteiger charge is 2.40. The van der Waals surface area contributed by atoms with Crippen LogP contribution in [-0.2, 0) is 11.2 Å². The standard InChI is InChI=1S/C19H23NO3S2/c1-23-14-4-2-3-13(11-14)5-6-15-16(18(22)12-17(15)21)7-9-24-19-20-8-10-25-19/h2-4,8,10-11,15-16,18,22H,5-7,9,12H2,1H3/t15-,16-,18?/m1/s1. The number of aromatic nitrogens is 1. The lowest BCUT2D eigenvalue weighted by Crippen LogP contribution is -2.22. The zero-order chi connectivity index (χ0) is 17.6.